The molecule has 1 aliphatic rings. The number of ether oxygens (including phenoxy) is 2. The lowest BCUT2D eigenvalue weighted by Crippen LogP contribution is -2.61. The van der Waals surface area contributed by atoms with Gasteiger partial charge in [-0.1, -0.05) is 54.1 Å². The predicted octanol–water partition coefficient (Wildman–Crippen LogP) is 3.16. The number of aromatic nitrogens is 3. The molecule has 1 atom stereocenters. The van der Waals surface area contributed by atoms with Crippen LogP contribution in [0.25, 0.3) is 17.1 Å². The number of benzene rings is 2. The Morgan fingerprint density at radius 3 is 2.57 bits per heavy atom. The molecule has 5 rings (SSSR count). The molecule has 4 aromatic rings. The van der Waals surface area contributed by atoms with Gasteiger partial charge in [0.1, 0.15) is 6.33 Å². The minimum Gasteiger partial charge on any atom is -0.365 e. The molecular weight excluding hydrogens is 494 g/mol. The van der Waals surface area contributed by atoms with E-state index in [1.807, 2.05) is 42.5 Å². The van der Waals surface area contributed by atoms with Crippen LogP contribution < -0.4 is 11.1 Å². The van der Waals surface area contributed by atoms with Crippen molar-refractivity contribution < 1.29 is 19.1 Å². The van der Waals surface area contributed by atoms with Gasteiger partial charge in [0, 0.05) is 23.0 Å². The summed E-state index contributed by atoms with van der Waals surface area (Å²) in [6.45, 7) is 0.368. The number of imidazole rings is 1. The quantitative estimate of drug-likeness (QED) is 0.370. The average molecular weight is 518 g/mol. The van der Waals surface area contributed by atoms with E-state index >= 15 is 0 Å². The van der Waals surface area contributed by atoms with Gasteiger partial charge in [-0.15, -0.1) is 0 Å². The molecule has 1 saturated heterocycles. The summed E-state index contributed by atoms with van der Waals surface area (Å²) in [5.74, 6) is -2.70. The number of carbonyl (C=O) groups is 2. The third-order valence-corrected chi connectivity index (χ3v) is 6.32. The zero-order valence-electron chi connectivity index (χ0n) is 19.7. The van der Waals surface area contributed by atoms with Crippen molar-refractivity contribution >= 4 is 23.4 Å². The zero-order valence-corrected chi connectivity index (χ0v) is 20.5. The summed E-state index contributed by atoms with van der Waals surface area (Å²) in [4.78, 5) is 35.0. The minimum atomic E-state index is -1.79. The molecule has 10 heteroatoms. The summed E-state index contributed by atoms with van der Waals surface area (Å²) in [5, 5.41) is 3.51. The first-order valence-corrected chi connectivity index (χ1v) is 12.0. The van der Waals surface area contributed by atoms with Gasteiger partial charge >= 0.3 is 0 Å². The van der Waals surface area contributed by atoms with Crippen LogP contribution in [0.5, 0.6) is 0 Å². The highest BCUT2D eigenvalue weighted by Gasteiger charge is 2.51. The minimum absolute atomic E-state index is 0.184. The van der Waals surface area contributed by atoms with E-state index in [4.69, 9.17) is 26.8 Å². The highest BCUT2D eigenvalue weighted by atomic mass is 35.5. The fraction of sp³-hybridized carbons (Fsp3) is 0.185. The highest BCUT2D eigenvalue weighted by Crippen LogP contribution is 2.27. The third kappa shape index (κ3) is 5.10. The van der Waals surface area contributed by atoms with Crippen LogP contribution >= 0.6 is 11.6 Å². The van der Waals surface area contributed by atoms with Gasteiger partial charge in [0.05, 0.1) is 30.5 Å². The molecule has 0 aliphatic carbocycles. The van der Waals surface area contributed by atoms with E-state index < -0.39 is 23.6 Å². The lowest BCUT2D eigenvalue weighted by Gasteiger charge is -2.33. The van der Waals surface area contributed by atoms with E-state index in [0.29, 0.717) is 16.5 Å². The molecule has 9 nitrogen and oxygen atoms in total. The van der Waals surface area contributed by atoms with Crippen LogP contribution in [0.15, 0.2) is 85.5 Å². The van der Waals surface area contributed by atoms with Gasteiger partial charge < -0.3 is 20.5 Å². The third-order valence-electron chi connectivity index (χ3n) is 6.09. The Kier molecular flexibility index (Phi) is 7.00. The molecule has 0 bridgehead atoms. The number of hydrogen-bond donors (Lipinski definition) is 2. The van der Waals surface area contributed by atoms with Crippen LogP contribution in [-0.2, 0) is 20.7 Å². The van der Waals surface area contributed by atoms with Crippen molar-refractivity contribution in [3.63, 3.8) is 0 Å². The molecule has 2 aromatic heterocycles. The van der Waals surface area contributed by atoms with Crippen molar-refractivity contribution in [1.82, 2.24) is 19.9 Å². The van der Waals surface area contributed by atoms with Crippen LogP contribution in [0.4, 0.5) is 0 Å². The second kappa shape index (κ2) is 10.5. The van der Waals surface area contributed by atoms with Gasteiger partial charge in [-0.3, -0.25) is 14.2 Å². The molecule has 0 spiro atoms. The molecule has 0 saturated carbocycles. The van der Waals surface area contributed by atoms with E-state index in [9.17, 15) is 9.59 Å². The number of nitrogens with zero attached hydrogens (tertiary/aromatic N) is 3. The monoisotopic (exact) mass is 517 g/mol. The highest BCUT2D eigenvalue weighted by molar-refractivity contribution is 6.30. The Morgan fingerprint density at radius 2 is 1.84 bits per heavy atom. The summed E-state index contributed by atoms with van der Waals surface area (Å²) in [6.07, 6.45) is 5.18. The number of nitrogens with one attached hydrogen (secondary N) is 1. The molecule has 188 valence electrons. The Labute approximate surface area is 218 Å². The number of primary amides is 1. The summed E-state index contributed by atoms with van der Waals surface area (Å²) in [5.41, 5.74) is 8.36. The number of hydrogen-bond acceptors (Lipinski definition) is 6. The van der Waals surface area contributed by atoms with Gasteiger partial charge in [0.25, 0.3) is 17.6 Å². The molecule has 3 N–H and O–H groups in total. The number of halogens is 1. The fourth-order valence-corrected chi connectivity index (χ4v) is 4.52. The SMILES string of the molecule is NC(=O)C1(C(Cc2ccccc2)NC(=O)c2cccnc2-n2cnc(-c3cccc(Cl)c3)c2)OCCO1. The lowest BCUT2D eigenvalue weighted by atomic mass is 9.97. The maximum Gasteiger partial charge on any atom is 0.280 e. The lowest BCUT2D eigenvalue weighted by molar-refractivity contribution is -0.189. The van der Waals surface area contributed by atoms with E-state index in [1.165, 1.54) is 0 Å². The van der Waals surface area contributed by atoms with Crippen molar-refractivity contribution in [3.05, 3.63) is 102 Å². The molecule has 2 amide bonds. The van der Waals surface area contributed by atoms with E-state index in [-0.39, 0.29) is 25.2 Å². The molecular formula is C27H24ClN5O4. The maximum absolute atomic E-state index is 13.6. The Bertz CT molecular complexity index is 1420. The number of carbonyl (C=O) groups excluding carboxylic acids is 2. The smallest absolute Gasteiger partial charge is 0.280 e. The van der Waals surface area contributed by atoms with E-state index in [1.54, 1.807) is 47.6 Å². The molecule has 2 aromatic carbocycles. The van der Waals surface area contributed by atoms with Crippen LogP contribution in [-0.4, -0.2) is 51.4 Å². The standard InChI is InChI=1S/C27H24ClN5O4/c28-20-9-4-8-19(15-20)22-16-33(17-31-22)24-21(10-5-11-30-24)25(34)32-23(14-18-6-2-1-3-7-18)27(26(29)35)36-12-13-37-27/h1-11,15-17,23H,12-14H2,(H2,29,35)(H,32,34). The van der Waals surface area contributed by atoms with Crippen LogP contribution in [0.1, 0.15) is 15.9 Å². The van der Waals surface area contributed by atoms with Gasteiger partial charge in [-0.25, -0.2) is 9.97 Å². The second-order valence-electron chi connectivity index (χ2n) is 8.50. The normalized spacial score (nSPS) is 15.3. The maximum atomic E-state index is 13.6. The average Bonchev–Trinajstić information content (AvgIpc) is 3.60. The summed E-state index contributed by atoms with van der Waals surface area (Å²) < 4.78 is 13.1. The van der Waals surface area contributed by atoms with Gasteiger partial charge in [0.2, 0.25) is 0 Å². The van der Waals surface area contributed by atoms with Crippen molar-refractivity contribution in [2.45, 2.75) is 18.2 Å². The van der Waals surface area contributed by atoms with E-state index in [2.05, 4.69) is 15.3 Å². The fourth-order valence-electron chi connectivity index (χ4n) is 4.33. The molecule has 1 fully saturated rings. The van der Waals surface area contributed by atoms with Gasteiger partial charge in [-0.2, -0.15) is 0 Å². The largest absolute Gasteiger partial charge is 0.365 e. The van der Waals surface area contributed by atoms with Crippen LogP contribution in [0, 0.1) is 0 Å². The first kappa shape index (κ1) is 24.6. The van der Waals surface area contributed by atoms with E-state index in [0.717, 1.165) is 11.1 Å². The topological polar surface area (TPSA) is 121 Å². The molecule has 1 aliphatic heterocycles. The summed E-state index contributed by atoms with van der Waals surface area (Å²) in [7, 11) is 0. The summed E-state index contributed by atoms with van der Waals surface area (Å²) >= 11 is 6.13. The Hall–Kier alpha value is -4.05. The number of pyridine rings is 1. The molecule has 3 heterocycles. The van der Waals surface area contributed by atoms with Crippen LogP contribution in [0.2, 0.25) is 5.02 Å². The van der Waals surface area contributed by atoms with Crippen molar-refractivity contribution in [2.24, 2.45) is 5.73 Å². The second-order valence-corrected chi connectivity index (χ2v) is 8.93. The molecule has 0 radical (unpaired) electrons. The molecule has 1 unspecified atom stereocenters. The zero-order chi connectivity index (χ0) is 25.8. The first-order valence-electron chi connectivity index (χ1n) is 11.6. The van der Waals surface area contributed by atoms with Crippen molar-refractivity contribution in [2.75, 3.05) is 13.2 Å². The Balaban J connectivity index is 1.46. The van der Waals surface area contributed by atoms with Crippen LogP contribution in [0.3, 0.4) is 0 Å². The molecule has 37 heavy (non-hydrogen) atoms. The first-order chi connectivity index (χ1) is 18.0. The van der Waals surface area contributed by atoms with Crippen molar-refractivity contribution in [3.8, 4) is 17.1 Å². The number of nitrogens with two attached hydrogens (primary N) is 1. The number of amides is 2. The van der Waals surface area contributed by atoms with Gasteiger partial charge in [-0.05, 0) is 36.2 Å². The summed E-state index contributed by atoms with van der Waals surface area (Å²) in [6, 6.07) is 19.1. The number of rotatable bonds is 8. The van der Waals surface area contributed by atoms with Gasteiger partial charge in [0.15, 0.2) is 5.82 Å². The predicted molar refractivity (Wildman–Crippen MR) is 137 cm³/mol. The Morgan fingerprint density at radius 1 is 1.05 bits per heavy atom. The van der Waals surface area contributed by atoms with Crippen molar-refractivity contribution in [1.29, 1.82) is 0 Å².